The number of anilines is 1. The van der Waals surface area contributed by atoms with Crippen LogP contribution in [0.3, 0.4) is 0 Å². The van der Waals surface area contributed by atoms with E-state index in [2.05, 4.69) is 38.4 Å². The second-order valence-corrected chi connectivity index (χ2v) is 6.93. The van der Waals surface area contributed by atoms with Crippen molar-refractivity contribution < 1.29 is 4.79 Å². The van der Waals surface area contributed by atoms with Crippen LogP contribution in [-0.2, 0) is 11.2 Å². The predicted molar refractivity (Wildman–Crippen MR) is 97.1 cm³/mol. The quantitative estimate of drug-likeness (QED) is 0.702. The normalized spacial score (nSPS) is 19.8. The molecule has 1 aliphatic carbocycles. The van der Waals surface area contributed by atoms with Crippen molar-refractivity contribution in [2.24, 2.45) is 0 Å². The minimum atomic E-state index is 0.0317. The molecule has 1 unspecified atom stereocenters. The molecule has 1 aliphatic heterocycles. The van der Waals surface area contributed by atoms with Crippen molar-refractivity contribution in [3.05, 3.63) is 53.9 Å². The van der Waals surface area contributed by atoms with Crippen LogP contribution < -0.4 is 4.90 Å². The fraction of sp³-hybridized carbons (Fsp3) is 0.368. The lowest BCUT2D eigenvalue weighted by molar-refractivity contribution is -0.133. The van der Waals surface area contributed by atoms with Gasteiger partial charge in [-0.15, -0.1) is 15.3 Å². The first-order valence-electron chi connectivity index (χ1n) is 9.08. The highest BCUT2D eigenvalue weighted by molar-refractivity contribution is 5.85. The van der Waals surface area contributed by atoms with Gasteiger partial charge in [0.1, 0.15) is 12.1 Å². The molecular formula is C19H20N6O. The first-order valence-corrected chi connectivity index (χ1v) is 9.08. The third-order valence-corrected chi connectivity index (χ3v) is 5.49. The molecular weight excluding hydrogens is 328 g/mol. The predicted octanol–water partition coefficient (Wildman–Crippen LogP) is 1.50. The number of hydrogen-bond acceptors (Lipinski definition) is 5. The number of nitrogens with zero attached hydrogens (tertiary/aromatic N) is 6. The molecule has 0 spiro atoms. The minimum Gasteiger partial charge on any atom is -0.352 e. The zero-order valence-electron chi connectivity index (χ0n) is 14.5. The van der Waals surface area contributed by atoms with Crippen molar-refractivity contribution in [3.63, 3.8) is 0 Å². The summed E-state index contributed by atoms with van der Waals surface area (Å²) in [4.78, 5) is 17.2. The summed E-state index contributed by atoms with van der Waals surface area (Å²) in [6, 6.07) is 12.2. The molecule has 7 nitrogen and oxygen atoms in total. The van der Waals surface area contributed by atoms with Gasteiger partial charge in [0.25, 0.3) is 0 Å². The van der Waals surface area contributed by atoms with E-state index in [1.54, 1.807) is 10.8 Å². The van der Waals surface area contributed by atoms with Gasteiger partial charge < -0.3 is 9.80 Å². The second kappa shape index (κ2) is 6.09. The number of aryl methyl sites for hydroxylation is 1. The van der Waals surface area contributed by atoms with Gasteiger partial charge in [-0.2, -0.15) is 4.52 Å². The Morgan fingerprint density at radius 2 is 1.88 bits per heavy atom. The average molecular weight is 348 g/mol. The maximum absolute atomic E-state index is 13.0. The Kier molecular flexibility index (Phi) is 3.58. The SMILES string of the molecule is O=C(C1CCc2ccccc21)N1CCN(c2ccc3nncn3n2)CC1. The standard InChI is InChI=1S/C19H20N6O/c26-19(16-6-5-14-3-1-2-4-15(14)16)24-11-9-23(10-12-24)18-8-7-17-21-20-13-25(17)22-18/h1-4,7-8,13,16H,5-6,9-12H2. The van der Waals surface area contributed by atoms with Crippen LogP contribution in [0.4, 0.5) is 5.82 Å². The molecule has 0 bridgehead atoms. The first-order chi connectivity index (χ1) is 12.8. The monoisotopic (exact) mass is 348 g/mol. The molecule has 26 heavy (non-hydrogen) atoms. The molecule has 2 aliphatic rings. The molecule has 1 fully saturated rings. The van der Waals surface area contributed by atoms with Crippen molar-refractivity contribution in [2.75, 3.05) is 31.1 Å². The summed E-state index contributed by atoms with van der Waals surface area (Å²) >= 11 is 0. The topological polar surface area (TPSA) is 66.6 Å². The molecule has 3 aromatic rings. The summed E-state index contributed by atoms with van der Waals surface area (Å²) in [6.07, 6.45) is 3.55. The second-order valence-electron chi connectivity index (χ2n) is 6.93. The molecule has 1 aromatic carbocycles. The fourth-order valence-electron chi connectivity index (χ4n) is 4.08. The Morgan fingerprint density at radius 3 is 2.77 bits per heavy atom. The van der Waals surface area contributed by atoms with Gasteiger partial charge in [0.15, 0.2) is 5.65 Å². The largest absolute Gasteiger partial charge is 0.352 e. The number of carbonyl (C=O) groups is 1. The molecule has 0 radical (unpaired) electrons. The van der Waals surface area contributed by atoms with Crippen molar-refractivity contribution in [2.45, 2.75) is 18.8 Å². The number of benzene rings is 1. The van der Waals surface area contributed by atoms with Crippen LogP contribution in [0.2, 0.25) is 0 Å². The van der Waals surface area contributed by atoms with Gasteiger partial charge in [-0.25, -0.2) is 0 Å². The van der Waals surface area contributed by atoms with Gasteiger partial charge >= 0.3 is 0 Å². The first kappa shape index (κ1) is 15.3. The smallest absolute Gasteiger partial charge is 0.230 e. The lowest BCUT2D eigenvalue weighted by Gasteiger charge is -2.36. The molecule has 5 rings (SSSR count). The molecule has 132 valence electrons. The number of rotatable bonds is 2. The van der Waals surface area contributed by atoms with Gasteiger partial charge in [0.2, 0.25) is 5.91 Å². The van der Waals surface area contributed by atoms with E-state index in [-0.39, 0.29) is 11.8 Å². The van der Waals surface area contributed by atoms with E-state index in [1.165, 1.54) is 11.1 Å². The molecule has 1 amide bonds. The zero-order valence-corrected chi connectivity index (χ0v) is 14.5. The number of carbonyl (C=O) groups excluding carboxylic acids is 1. The van der Waals surface area contributed by atoms with E-state index in [1.807, 2.05) is 23.1 Å². The van der Waals surface area contributed by atoms with E-state index in [9.17, 15) is 4.79 Å². The molecule has 2 aromatic heterocycles. The van der Waals surface area contributed by atoms with Crippen LogP contribution in [0, 0.1) is 0 Å². The maximum atomic E-state index is 13.0. The highest BCUT2D eigenvalue weighted by Gasteiger charge is 2.33. The van der Waals surface area contributed by atoms with E-state index in [4.69, 9.17) is 0 Å². The minimum absolute atomic E-state index is 0.0317. The highest BCUT2D eigenvalue weighted by atomic mass is 16.2. The fourth-order valence-corrected chi connectivity index (χ4v) is 4.08. The van der Waals surface area contributed by atoms with Gasteiger partial charge in [-0.05, 0) is 36.1 Å². The van der Waals surface area contributed by atoms with Crippen LogP contribution in [0.5, 0.6) is 0 Å². The van der Waals surface area contributed by atoms with Crippen LogP contribution >= 0.6 is 0 Å². The Balaban J connectivity index is 1.27. The van der Waals surface area contributed by atoms with Gasteiger partial charge in [0, 0.05) is 26.2 Å². The van der Waals surface area contributed by atoms with Gasteiger partial charge in [0.05, 0.1) is 5.92 Å². The molecule has 1 saturated heterocycles. The lowest BCUT2D eigenvalue weighted by atomic mass is 9.99. The van der Waals surface area contributed by atoms with Crippen LogP contribution in [0.25, 0.3) is 5.65 Å². The van der Waals surface area contributed by atoms with Crippen molar-refractivity contribution in [3.8, 4) is 0 Å². The van der Waals surface area contributed by atoms with E-state index in [0.717, 1.165) is 50.5 Å². The Hall–Kier alpha value is -2.96. The molecule has 3 heterocycles. The van der Waals surface area contributed by atoms with Gasteiger partial charge in [-0.1, -0.05) is 24.3 Å². The van der Waals surface area contributed by atoms with Crippen LogP contribution in [0.15, 0.2) is 42.7 Å². The molecule has 0 saturated carbocycles. The molecule has 1 atom stereocenters. The Bertz CT molecular complexity index is 959. The number of amides is 1. The zero-order chi connectivity index (χ0) is 17.5. The molecule has 0 N–H and O–H groups in total. The highest BCUT2D eigenvalue weighted by Crippen LogP contribution is 2.34. The summed E-state index contributed by atoms with van der Waals surface area (Å²) in [7, 11) is 0. The van der Waals surface area contributed by atoms with E-state index < -0.39 is 0 Å². The Morgan fingerprint density at radius 1 is 1.04 bits per heavy atom. The number of hydrogen-bond donors (Lipinski definition) is 0. The summed E-state index contributed by atoms with van der Waals surface area (Å²) in [6.45, 7) is 3.06. The number of fused-ring (bicyclic) bond motifs is 2. The van der Waals surface area contributed by atoms with Crippen molar-refractivity contribution in [1.82, 2.24) is 24.7 Å². The van der Waals surface area contributed by atoms with Crippen LogP contribution in [-0.4, -0.2) is 56.8 Å². The summed E-state index contributed by atoms with van der Waals surface area (Å²) < 4.78 is 1.68. The van der Waals surface area contributed by atoms with Crippen LogP contribution in [0.1, 0.15) is 23.5 Å². The third kappa shape index (κ3) is 2.51. The van der Waals surface area contributed by atoms with E-state index in [0.29, 0.717) is 0 Å². The van der Waals surface area contributed by atoms with Gasteiger partial charge in [-0.3, -0.25) is 4.79 Å². The molecule has 7 heteroatoms. The summed E-state index contributed by atoms with van der Waals surface area (Å²) in [5.41, 5.74) is 3.29. The summed E-state index contributed by atoms with van der Waals surface area (Å²) in [5, 5.41) is 12.4. The Labute approximate surface area is 151 Å². The van der Waals surface area contributed by atoms with E-state index >= 15 is 0 Å². The average Bonchev–Trinajstić information content (AvgIpc) is 3.34. The van der Waals surface area contributed by atoms with Crippen molar-refractivity contribution in [1.29, 1.82) is 0 Å². The summed E-state index contributed by atoms with van der Waals surface area (Å²) in [5.74, 6) is 1.21. The van der Waals surface area contributed by atoms with Crippen molar-refractivity contribution >= 4 is 17.4 Å². The maximum Gasteiger partial charge on any atom is 0.230 e. The third-order valence-electron chi connectivity index (χ3n) is 5.49. The lowest BCUT2D eigenvalue weighted by Crippen LogP contribution is -2.50. The number of aromatic nitrogens is 4. The number of piperazine rings is 1.